The molecule has 0 aromatic heterocycles. The summed E-state index contributed by atoms with van der Waals surface area (Å²) in [5.74, 6) is 0.628. The number of amides is 1. The summed E-state index contributed by atoms with van der Waals surface area (Å²) in [5.41, 5.74) is 6.46. The maximum Gasteiger partial charge on any atom is 0.221 e. The molecule has 0 spiro atoms. The minimum absolute atomic E-state index is 0.0863. The van der Waals surface area contributed by atoms with Crippen molar-refractivity contribution in [1.82, 2.24) is 5.43 Å². The van der Waals surface area contributed by atoms with Crippen LogP contribution in [-0.2, 0) is 4.79 Å². The van der Waals surface area contributed by atoms with Gasteiger partial charge in [0.05, 0.1) is 11.4 Å². The van der Waals surface area contributed by atoms with Gasteiger partial charge < -0.3 is 5.32 Å². The van der Waals surface area contributed by atoms with Crippen molar-refractivity contribution < 1.29 is 4.79 Å². The van der Waals surface area contributed by atoms with Crippen molar-refractivity contribution >= 4 is 51.5 Å². The number of hydrogen-bond donors (Lipinski definition) is 2. The molecule has 2 aromatic carbocycles. The van der Waals surface area contributed by atoms with Gasteiger partial charge in [-0.2, -0.15) is 5.10 Å². The van der Waals surface area contributed by atoms with E-state index in [2.05, 4.69) is 20.8 Å². The Morgan fingerprint density at radius 2 is 2.08 bits per heavy atom. The van der Waals surface area contributed by atoms with Gasteiger partial charge in [0.2, 0.25) is 5.91 Å². The lowest BCUT2D eigenvalue weighted by molar-refractivity contribution is -0.114. The number of anilines is 1. The van der Waals surface area contributed by atoms with Crippen molar-refractivity contribution in [1.29, 1.82) is 0 Å². The van der Waals surface area contributed by atoms with E-state index in [0.29, 0.717) is 10.8 Å². The summed E-state index contributed by atoms with van der Waals surface area (Å²) < 4.78 is 0. The molecule has 0 saturated carbocycles. The van der Waals surface area contributed by atoms with E-state index in [9.17, 15) is 4.79 Å². The third-order valence-corrected chi connectivity index (χ3v) is 4.32. The molecule has 0 radical (unpaired) electrons. The first-order valence-corrected chi connectivity index (χ1v) is 8.64. The number of carbonyl (C=O) groups is 1. The van der Waals surface area contributed by atoms with Gasteiger partial charge in [0.25, 0.3) is 0 Å². The van der Waals surface area contributed by atoms with Crippen LogP contribution < -0.4 is 10.7 Å². The number of halogens is 1. The number of aliphatic imine (C=N–C) groups is 1. The van der Waals surface area contributed by atoms with Crippen LogP contribution in [0.25, 0.3) is 0 Å². The monoisotopic (exact) mass is 358 g/mol. The quantitative estimate of drug-likeness (QED) is 0.870. The van der Waals surface area contributed by atoms with E-state index in [-0.39, 0.29) is 5.91 Å². The second-order valence-corrected chi connectivity index (χ2v) is 6.51. The molecular weight excluding hydrogens is 344 g/mol. The second-order valence-electron chi connectivity index (χ2n) is 5.11. The first-order valence-electron chi connectivity index (χ1n) is 7.28. The lowest BCUT2D eigenvalue weighted by atomic mass is 10.1. The number of carbonyl (C=O) groups excluding carboxylic acids is 1. The zero-order valence-electron chi connectivity index (χ0n) is 12.9. The molecule has 7 heteroatoms. The molecule has 1 heterocycles. The molecule has 24 heavy (non-hydrogen) atoms. The highest BCUT2D eigenvalue weighted by atomic mass is 35.5. The number of amidine groups is 1. The first-order chi connectivity index (χ1) is 11.6. The van der Waals surface area contributed by atoms with Crippen LogP contribution >= 0.6 is 23.4 Å². The molecule has 2 aromatic rings. The third kappa shape index (κ3) is 4.37. The van der Waals surface area contributed by atoms with Crippen LogP contribution in [0.5, 0.6) is 0 Å². The van der Waals surface area contributed by atoms with Gasteiger partial charge in [-0.3, -0.25) is 10.2 Å². The van der Waals surface area contributed by atoms with Crippen LogP contribution in [0.1, 0.15) is 12.5 Å². The Bertz CT molecular complexity index is 818. The van der Waals surface area contributed by atoms with Crippen molar-refractivity contribution in [3.8, 4) is 0 Å². The van der Waals surface area contributed by atoms with E-state index in [0.717, 1.165) is 27.8 Å². The molecule has 1 aliphatic rings. The molecule has 122 valence electrons. The molecule has 0 bridgehead atoms. The average Bonchev–Trinajstić information content (AvgIpc) is 2.56. The van der Waals surface area contributed by atoms with Crippen LogP contribution in [-0.4, -0.2) is 22.5 Å². The van der Waals surface area contributed by atoms with Crippen molar-refractivity contribution in [2.45, 2.75) is 6.92 Å². The summed E-state index contributed by atoms with van der Waals surface area (Å²) in [6.07, 6.45) is 0. The van der Waals surface area contributed by atoms with Crippen LogP contribution in [0.15, 0.2) is 58.6 Å². The molecule has 0 atom stereocenters. The van der Waals surface area contributed by atoms with Crippen LogP contribution in [0.2, 0.25) is 5.02 Å². The highest BCUT2D eigenvalue weighted by Crippen LogP contribution is 2.21. The summed E-state index contributed by atoms with van der Waals surface area (Å²) in [5, 5.41) is 8.52. The van der Waals surface area contributed by atoms with Crippen molar-refractivity contribution in [2.75, 3.05) is 11.1 Å². The maximum atomic E-state index is 11.0. The number of nitrogens with one attached hydrogen (secondary N) is 2. The molecule has 1 aliphatic heterocycles. The molecule has 5 nitrogen and oxygen atoms in total. The highest BCUT2D eigenvalue weighted by Gasteiger charge is 2.13. The van der Waals surface area contributed by atoms with Gasteiger partial charge in [-0.1, -0.05) is 41.6 Å². The smallest absolute Gasteiger partial charge is 0.221 e. The first kappa shape index (κ1) is 16.5. The lowest BCUT2D eigenvalue weighted by Gasteiger charge is -2.15. The fraction of sp³-hybridized carbons (Fsp3) is 0.118. The van der Waals surface area contributed by atoms with E-state index in [1.54, 1.807) is 17.8 Å². The van der Waals surface area contributed by atoms with Gasteiger partial charge in [0, 0.05) is 23.4 Å². The van der Waals surface area contributed by atoms with Crippen molar-refractivity contribution in [2.24, 2.45) is 10.1 Å². The van der Waals surface area contributed by atoms with Gasteiger partial charge in [0.1, 0.15) is 0 Å². The Hall–Kier alpha value is -2.31. The summed E-state index contributed by atoms with van der Waals surface area (Å²) in [7, 11) is 0. The average molecular weight is 359 g/mol. The summed E-state index contributed by atoms with van der Waals surface area (Å²) in [6, 6.07) is 15.0. The fourth-order valence-electron chi connectivity index (χ4n) is 2.13. The SMILES string of the molecule is CC(=O)Nc1ccc(C2=NNC(=Nc3cccc(Cl)c3)SC2)cc1. The Labute approximate surface area is 149 Å². The van der Waals surface area contributed by atoms with Gasteiger partial charge >= 0.3 is 0 Å². The van der Waals surface area contributed by atoms with Gasteiger partial charge in [0.15, 0.2) is 5.17 Å². The summed E-state index contributed by atoms with van der Waals surface area (Å²) in [4.78, 5) is 15.5. The lowest BCUT2D eigenvalue weighted by Crippen LogP contribution is -2.25. The second kappa shape index (κ2) is 7.51. The van der Waals surface area contributed by atoms with Crippen molar-refractivity contribution in [3.05, 3.63) is 59.1 Å². The number of thioether (sulfide) groups is 1. The Morgan fingerprint density at radius 3 is 2.71 bits per heavy atom. The summed E-state index contributed by atoms with van der Waals surface area (Å²) in [6.45, 7) is 1.49. The van der Waals surface area contributed by atoms with E-state index in [1.165, 1.54) is 6.92 Å². The number of hydrogen-bond acceptors (Lipinski definition) is 4. The Morgan fingerprint density at radius 1 is 1.29 bits per heavy atom. The Kier molecular flexibility index (Phi) is 5.17. The maximum absolute atomic E-state index is 11.0. The van der Waals surface area contributed by atoms with Gasteiger partial charge in [-0.05, 0) is 35.9 Å². The normalized spacial score (nSPS) is 15.6. The van der Waals surface area contributed by atoms with Crippen LogP contribution in [0.4, 0.5) is 11.4 Å². The molecule has 0 unspecified atom stereocenters. The van der Waals surface area contributed by atoms with E-state index < -0.39 is 0 Å². The minimum atomic E-state index is -0.0863. The fourth-order valence-corrected chi connectivity index (χ4v) is 3.10. The largest absolute Gasteiger partial charge is 0.326 e. The number of hydrazone groups is 1. The number of nitrogens with zero attached hydrogens (tertiary/aromatic N) is 2. The minimum Gasteiger partial charge on any atom is -0.326 e. The van der Waals surface area contributed by atoms with Crippen molar-refractivity contribution in [3.63, 3.8) is 0 Å². The zero-order valence-corrected chi connectivity index (χ0v) is 14.5. The molecular formula is C17H15ClN4OS. The van der Waals surface area contributed by atoms with Crippen LogP contribution in [0, 0.1) is 0 Å². The zero-order chi connectivity index (χ0) is 16.9. The molecule has 3 rings (SSSR count). The predicted octanol–water partition coefficient (Wildman–Crippen LogP) is 4.03. The van der Waals surface area contributed by atoms with Gasteiger partial charge in [-0.15, -0.1) is 0 Å². The molecule has 0 fully saturated rings. The predicted molar refractivity (Wildman–Crippen MR) is 101 cm³/mol. The van der Waals surface area contributed by atoms with Crippen LogP contribution in [0.3, 0.4) is 0 Å². The summed E-state index contributed by atoms with van der Waals surface area (Å²) >= 11 is 7.54. The number of benzene rings is 2. The van der Waals surface area contributed by atoms with E-state index >= 15 is 0 Å². The molecule has 1 amide bonds. The molecule has 2 N–H and O–H groups in total. The molecule has 0 aliphatic carbocycles. The Balaban J connectivity index is 1.70. The molecule has 0 saturated heterocycles. The standard InChI is InChI=1S/C17H15ClN4OS/c1-11(23)19-14-7-5-12(6-8-14)16-10-24-17(22-21-16)20-15-4-2-3-13(18)9-15/h2-9H,10H2,1H3,(H,19,23)(H,20,22). The van der Waals surface area contributed by atoms with E-state index in [1.807, 2.05) is 42.5 Å². The van der Waals surface area contributed by atoms with E-state index in [4.69, 9.17) is 11.6 Å². The topological polar surface area (TPSA) is 65.8 Å². The highest BCUT2D eigenvalue weighted by molar-refractivity contribution is 8.14. The third-order valence-electron chi connectivity index (χ3n) is 3.21. The number of rotatable bonds is 3. The van der Waals surface area contributed by atoms with Gasteiger partial charge in [-0.25, -0.2) is 4.99 Å².